The fourth-order valence-electron chi connectivity index (χ4n) is 3.72. The van der Waals surface area contributed by atoms with Crippen LogP contribution in [0.1, 0.15) is 19.3 Å². The van der Waals surface area contributed by atoms with Gasteiger partial charge < -0.3 is 19.0 Å². The minimum Gasteiger partial charge on any atom is -0.483 e. The van der Waals surface area contributed by atoms with Gasteiger partial charge in [0.1, 0.15) is 5.58 Å². The summed E-state index contributed by atoms with van der Waals surface area (Å²) in [6.45, 7) is 1.43. The lowest BCUT2D eigenvalue weighted by Crippen LogP contribution is -2.27. The molecular weight excluding hydrogens is 346 g/mol. The summed E-state index contributed by atoms with van der Waals surface area (Å²) in [6, 6.07) is 10.5. The van der Waals surface area contributed by atoms with Gasteiger partial charge in [0.05, 0.1) is 0 Å². The highest BCUT2D eigenvalue weighted by Gasteiger charge is 2.39. The number of furan rings is 1. The van der Waals surface area contributed by atoms with Gasteiger partial charge in [-0.15, -0.1) is 0 Å². The fourth-order valence-corrected chi connectivity index (χ4v) is 3.72. The first-order valence-corrected chi connectivity index (χ1v) is 9.07. The molecule has 140 valence electrons. The molecule has 2 aliphatic rings. The van der Waals surface area contributed by atoms with Crippen LogP contribution in [0.2, 0.25) is 0 Å². The Balaban J connectivity index is 0.000000565. The summed E-state index contributed by atoms with van der Waals surface area (Å²) in [6.07, 6.45) is 6.78. The molecule has 7 heteroatoms. The number of carbonyl (C=O) groups excluding carboxylic acids is 1. The van der Waals surface area contributed by atoms with Crippen LogP contribution in [0.4, 0.5) is 0 Å². The van der Waals surface area contributed by atoms with Crippen molar-refractivity contribution in [3.8, 4) is 11.6 Å². The number of carboxylic acid groups (broad SMARTS) is 1. The summed E-state index contributed by atoms with van der Waals surface area (Å²) in [5, 5.41) is 7.97. The molecule has 1 N–H and O–H groups in total. The largest absolute Gasteiger partial charge is 0.483 e. The molecule has 1 amide bonds. The van der Waals surface area contributed by atoms with Crippen LogP contribution in [0.5, 0.6) is 0 Å². The van der Waals surface area contributed by atoms with E-state index < -0.39 is 0 Å². The lowest BCUT2D eigenvalue weighted by Gasteiger charge is -2.16. The highest BCUT2D eigenvalue weighted by atomic mass is 16.3. The second-order valence-corrected chi connectivity index (χ2v) is 7.00. The topological polar surface area (TPSA) is 88.6 Å². The van der Waals surface area contributed by atoms with Crippen molar-refractivity contribution >= 4 is 23.3 Å². The van der Waals surface area contributed by atoms with Crippen LogP contribution in [0.25, 0.3) is 22.6 Å². The SMILES string of the molecule is O=C1CC(Cn2ccnc2-c2cc3ccccc3o2)CN1C1CC1.O=CO. The van der Waals surface area contributed by atoms with Crippen LogP contribution in [0.3, 0.4) is 0 Å². The number of aromatic nitrogens is 2. The third kappa shape index (κ3) is 3.58. The van der Waals surface area contributed by atoms with Gasteiger partial charge in [0.15, 0.2) is 11.6 Å². The van der Waals surface area contributed by atoms with E-state index in [1.807, 2.05) is 36.5 Å². The molecule has 1 saturated heterocycles. The molecule has 7 nitrogen and oxygen atoms in total. The Kier molecular flexibility index (Phi) is 4.66. The van der Waals surface area contributed by atoms with E-state index in [1.54, 1.807) is 6.20 Å². The first kappa shape index (κ1) is 17.3. The maximum atomic E-state index is 12.1. The smallest absolute Gasteiger partial charge is 0.290 e. The quantitative estimate of drug-likeness (QED) is 0.716. The van der Waals surface area contributed by atoms with Gasteiger partial charge in [-0.05, 0) is 25.0 Å². The van der Waals surface area contributed by atoms with Gasteiger partial charge in [-0.2, -0.15) is 0 Å². The van der Waals surface area contributed by atoms with Crippen LogP contribution < -0.4 is 0 Å². The molecule has 3 aromatic rings. The summed E-state index contributed by atoms with van der Waals surface area (Å²) in [5.74, 6) is 2.29. The number of amides is 1. The number of likely N-dealkylation sites (tertiary alicyclic amines) is 1. The van der Waals surface area contributed by atoms with E-state index >= 15 is 0 Å². The van der Waals surface area contributed by atoms with E-state index in [4.69, 9.17) is 14.3 Å². The summed E-state index contributed by atoms with van der Waals surface area (Å²) in [5.41, 5.74) is 0.873. The van der Waals surface area contributed by atoms with Gasteiger partial charge in [-0.3, -0.25) is 9.59 Å². The van der Waals surface area contributed by atoms with Gasteiger partial charge in [-0.1, -0.05) is 18.2 Å². The average Bonchev–Trinajstić information content (AvgIpc) is 3.08. The zero-order valence-electron chi connectivity index (χ0n) is 14.8. The van der Waals surface area contributed by atoms with E-state index in [1.165, 1.54) is 12.8 Å². The Morgan fingerprint density at radius 3 is 2.81 bits per heavy atom. The maximum Gasteiger partial charge on any atom is 0.290 e. The Bertz CT molecular complexity index is 924. The molecule has 1 aliphatic carbocycles. The number of hydrogen-bond acceptors (Lipinski definition) is 4. The molecular formula is C20H21N3O4. The van der Waals surface area contributed by atoms with Crippen molar-refractivity contribution < 1.29 is 19.1 Å². The van der Waals surface area contributed by atoms with Crippen LogP contribution in [-0.4, -0.2) is 44.5 Å². The minimum absolute atomic E-state index is 0.250. The molecule has 1 atom stereocenters. The zero-order chi connectivity index (χ0) is 18.8. The summed E-state index contributed by atoms with van der Waals surface area (Å²) in [7, 11) is 0. The standard InChI is InChI=1S/C19H19N3O2.CH2O2/c23-18-9-13(12-22(18)15-5-6-15)11-21-8-7-20-19(21)17-10-14-3-1-2-4-16(14)24-17;2-1-3/h1-4,7-8,10,13,15H,5-6,9,11-12H2;1H,(H,2,3). The van der Waals surface area contributed by atoms with Crippen molar-refractivity contribution in [1.82, 2.24) is 14.5 Å². The van der Waals surface area contributed by atoms with Gasteiger partial charge in [-0.25, -0.2) is 4.98 Å². The highest BCUT2D eigenvalue weighted by Crippen LogP contribution is 2.34. The zero-order valence-corrected chi connectivity index (χ0v) is 14.8. The van der Waals surface area contributed by atoms with Crippen molar-refractivity contribution in [2.75, 3.05) is 6.54 Å². The first-order valence-electron chi connectivity index (χ1n) is 9.07. The van der Waals surface area contributed by atoms with Crippen molar-refractivity contribution in [2.24, 2.45) is 5.92 Å². The number of nitrogens with zero attached hydrogens (tertiary/aromatic N) is 3. The number of fused-ring (bicyclic) bond motifs is 1. The van der Waals surface area contributed by atoms with Crippen LogP contribution in [-0.2, 0) is 16.1 Å². The number of benzene rings is 1. The number of carbonyl (C=O) groups is 2. The molecule has 3 heterocycles. The van der Waals surface area contributed by atoms with Crippen LogP contribution >= 0.6 is 0 Å². The van der Waals surface area contributed by atoms with Crippen molar-refractivity contribution in [3.63, 3.8) is 0 Å². The molecule has 2 aromatic heterocycles. The van der Waals surface area contributed by atoms with Crippen molar-refractivity contribution in [3.05, 3.63) is 42.7 Å². The number of para-hydroxylation sites is 1. The normalized spacial score (nSPS) is 19.2. The number of rotatable bonds is 4. The average molecular weight is 367 g/mol. The lowest BCUT2D eigenvalue weighted by molar-refractivity contribution is -0.128. The molecule has 0 spiro atoms. The third-order valence-electron chi connectivity index (χ3n) is 5.04. The second kappa shape index (κ2) is 7.26. The van der Waals surface area contributed by atoms with Gasteiger partial charge in [0.2, 0.25) is 5.91 Å². The van der Waals surface area contributed by atoms with E-state index in [0.717, 1.165) is 35.6 Å². The third-order valence-corrected chi connectivity index (χ3v) is 5.04. The Labute approximate surface area is 156 Å². The molecule has 27 heavy (non-hydrogen) atoms. The Morgan fingerprint density at radius 2 is 2.07 bits per heavy atom. The van der Waals surface area contributed by atoms with Crippen molar-refractivity contribution in [1.29, 1.82) is 0 Å². The predicted molar refractivity (Wildman–Crippen MR) is 99.0 cm³/mol. The van der Waals surface area contributed by atoms with Crippen LogP contribution in [0.15, 0.2) is 47.1 Å². The molecule has 0 radical (unpaired) electrons. The first-order chi connectivity index (χ1) is 13.2. The fraction of sp³-hybridized carbons (Fsp3) is 0.350. The van der Waals surface area contributed by atoms with E-state index in [-0.39, 0.29) is 6.47 Å². The Morgan fingerprint density at radius 1 is 1.30 bits per heavy atom. The van der Waals surface area contributed by atoms with Gasteiger partial charge >= 0.3 is 0 Å². The molecule has 2 fully saturated rings. The molecule has 1 aliphatic heterocycles. The number of imidazole rings is 1. The monoisotopic (exact) mass is 367 g/mol. The maximum absolute atomic E-state index is 12.1. The molecule has 5 rings (SSSR count). The summed E-state index contributed by atoms with van der Waals surface area (Å²) < 4.78 is 8.06. The lowest BCUT2D eigenvalue weighted by atomic mass is 10.1. The van der Waals surface area contributed by atoms with Crippen LogP contribution in [0, 0.1) is 5.92 Å². The highest BCUT2D eigenvalue weighted by molar-refractivity contribution is 5.81. The predicted octanol–water partition coefficient (Wildman–Crippen LogP) is 3.01. The minimum atomic E-state index is -0.250. The summed E-state index contributed by atoms with van der Waals surface area (Å²) >= 11 is 0. The Hall–Kier alpha value is -3.09. The molecule has 1 unspecified atom stereocenters. The summed E-state index contributed by atoms with van der Waals surface area (Å²) in [4.78, 5) is 27.1. The van der Waals surface area contributed by atoms with E-state index in [2.05, 4.69) is 14.5 Å². The van der Waals surface area contributed by atoms with E-state index in [9.17, 15) is 4.79 Å². The van der Waals surface area contributed by atoms with E-state index in [0.29, 0.717) is 24.3 Å². The van der Waals surface area contributed by atoms with Gasteiger partial charge in [0.25, 0.3) is 6.47 Å². The number of hydrogen-bond donors (Lipinski definition) is 1. The molecule has 0 bridgehead atoms. The molecule has 1 aromatic carbocycles. The molecule has 1 saturated carbocycles. The van der Waals surface area contributed by atoms with Crippen molar-refractivity contribution in [2.45, 2.75) is 31.8 Å². The van der Waals surface area contributed by atoms with Gasteiger partial charge in [0, 0.05) is 49.2 Å². The second-order valence-electron chi connectivity index (χ2n) is 7.00.